The number of para-hydroxylation sites is 1. The van der Waals surface area contributed by atoms with Crippen LogP contribution in [0, 0.1) is 0 Å². The predicted octanol–water partition coefficient (Wildman–Crippen LogP) is 2.43. The SMILES string of the molecule is c1ccc2c(NCCN3CCNCC3)c3c(nc2c1)CCCC3. The molecular weight excluding hydrogens is 284 g/mol. The van der Waals surface area contributed by atoms with Crippen molar-refractivity contribution in [2.75, 3.05) is 44.6 Å². The number of aromatic nitrogens is 1. The summed E-state index contributed by atoms with van der Waals surface area (Å²) in [7, 11) is 0. The summed E-state index contributed by atoms with van der Waals surface area (Å²) in [6.07, 6.45) is 4.87. The van der Waals surface area contributed by atoms with Crippen molar-refractivity contribution < 1.29 is 0 Å². The molecule has 1 aromatic carbocycles. The molecule has 0 unspecified atom stereocenters. The van der Waals surface area contributed by atoms with Crippen LogP contribution in [-0.4, -0.2) is 49.2 Å². The monoisotopic (exact) mass is 310 g/mol. The molecule has 1 fully saturated rings. The van der Waals surface area contributed by atoms with E-state index in [9.17, 15) is 0 Å². The lowest BCUT2D eigenvalue weighted by Gasteiger charge is -2.28. The third-order valence-corrected chi connectivity index (χ3v) is 5.11. The molecule has 0 amide bonds. The van der Waals surface area contributed by atoms with Crippen LogP contribution < -0.4 is 10.6 Å². The van der Waals surface area contributed by atoms with E-state index in [2.05, 4.69) is 39.8 Å². The zero-order valence-electron chi connectivity index (χ0n) is 13.8. The second-order valence-electron chi connectivity index (χ2n) is 6.65. The van der Waals surface area contributed by atoms with Crippen LogP contribution in [0.25, 0.3) is 10.9 Å². The van der Waals surface area contributed by atoms with Gasteiger partial charge in [-0.05, 0) is 37.3 Å². The molecule has 122 valence electrons. The first-order chi connectivity index (χ1) is 11.4. The summed E-state index contributed by atoms with van der Waals surface area (Å²) in [6.45, 7) is 6.70. The van der Waals surface area contributed by atoms with Gasteiger partial charge in [-0.1, -0.05) is 18.2 Å². The van der Waals surface area contributed by atoms with E-state index in [4.69, 9.17) is 4.98 Å². The molecule has 1 aromatic heterocycles. The lowest BCUT2D eigenvalue weighted by atomic mass is 9.92. The Morgan fingerprint density at radius 2 is 1.91 bits per heavy atom. The van der Waals surface area contributed by atoms with E-state index in [1.54, 1.807) is 0 Å². The summed E-state index contributed by atoms with van der Waals surface area (Å²) < 4.78 is 0. The van der Waals surface area contributed by atoms with Gasteiger partial charge in [-0.15, -0.1) is 0 Å². The molecule has 2 heterocycles. The Morgan fingerprint density at radius 3 is 2.83 bits per heavy atom. The Labute approximate surface area is 138 Å². The van der Waals surface area contributed by atoms with Gasteiger partial charge < -0.3 is 10.6 Å². The van der Waals surface area contributed by atoms with Gasteiger partial charge in [-0.3, -0.25) is 9.88 Å². The van der Waals surface area contributed by atoms with Crippen LogP contribution in [0.1, 0.15) is 24.1 Å². The number of aryl methyl sites for hydroxylation is 1. The summed E-state index contributed by atoms with van der Waals surface area (Å²) in [4.78, 5) is 7.46. The number of anilines is 1. The second-order valence-corrected chi connectivity index (χ2v) is 6.65. The third-order valence-electron chi connectivity index (χ3n) is 5.11. The highest BCUT2D eigenvalue weighted by atomic mass is 15.2. The minimum absolute atomic E-state index is 1.01. The molecule has 2 aromatic rings. The summed E-state index contributed by atoms with van der Waals surface area (Å²) in [5, 5.41) is 8.46. The number of nitrogens with zero attached hydrogens (tertiary/aromatic N) is 2. The van der Waals surface area contributed by atoms with Gasteiger partial charge in [0.05, 0.1) is 5.52 Å². The zero-order chi connectivity index (χ0) is 15.5. The smallest absolute Gasteiger partial charge is 0.0726 e. The summed E-state index contributed by atoms with van der Waals surface area (Å²) >= 11 is 0. The van der Waals surface area contributed by atoms with Gasteiger partial charge in [0, 0.05) is 56.0 Å². The van der Waals surface area contributed by atoms with Crippen molar-refractivity contribution in [1.29, 1.82) is 0 Å². The van der Waals surface area contributed by atoms with Crippen LogP contribution in [0.15, 0.2) is 24.3 Å². The average molecular weight is 310 g/mol. The van der Waals surface area contributed by atoms with Gasteiger partial charge >= 0.3 is 0 Å². The van der Waals surface area contributed by atoms with Crippen LogP contribution >= 0.6 is 0 Å². The van der Waals surface area contributed by atoms with E-state index in [1.807, 2.05) is 0 Å². The van der Waals surface area contributed by atoms with Crippen molar-refractivity contribution in [2.24, 2.45) is 0 Å². The van der Waals surface area contributed by atoms with Gasteiger partial charge in [0.15, 0.2) is 0 Å². The molecule has 4 heteroatoms. The predicted molar refractivity (Wildman–Crippen MR) is 96.2 cm³/mol. The number of piperazine rings is 1. The number of fused-ring (bicyclic) bond motifs is 2. The molecule has 2 N–H and O–H groups in total. The van der Waals surface area contributed by atoms with Gasteiger partial charge in [-0.2, -0.15) is 0 Å². The van der Waals surface area contributed by atoms with Crippen LogP contribution in [0.4, 0.5) is 5.69 Å². The van der Waals surface area contributed by atoms with Crippen molar-refractivity contribution in [2.45, 2.75) is 25.7 Å². The number of pyridine rings is 1. The van der Waals surface area contributed by atoms with Crippen LogP contribution in [0.3, 0.4) is 0 Å². The Bertz CT molecular complexity index is 676. The highest BCUT2D eigenvalue weighted by Crippen LogP contribution is 2.33. The number of nitrogens with one attached hydrogen (secondary N) is 2. The first-order valence-corrected chi connectivity index (χ1v) is 8.99. The maximum atomic E-state index is 4.92. The lowest BCUT2D eigenvalue weighted by Crippen LogP contribution is -2.45. The highest BCUT2D eigenvalue weighted by Gasteiger charge is 2.18. The molecule has 4 nitrogen and oxygen atoms in total. The summed E-state index contributed by atoms with van der Waals surface area (Å²) in [6, 6.07) is 8.58. The van der Waals surface area contributed by atoms with Gasteiger partial charge in [0.25, 0.3) is 0 Å². The molecule has 0 atom stereocenters. The number of hydrogen-bond donors (Lipinski definition) is 2. The maximum absolute atomic E-state index is 4.92. The zero-order valence-corrected chi connectivity index (χ0v) is 13.8. The minimum atomic E-state index is 1.01. The Balaban J connectivity index is 1.57. The summed E-state index contributed by atoms with van der Waals surface area (Å²) in [5.74, 6) is 0. The Kier molecular flexibility index (Phi) is 4.44. The quantitative estimate of drug-likeness (QED) is 0.910. The number of rotatable bonds is 4. The fourth-order valence-electron chi connectivity index (χ4n) is 3.85. The second kappa shape index (κ2) is 6.85. The first-order valence-electron chi connectivity index (χ1n) is 8.99. The van der Waals surface area contributed by atoms with E-state index in [1.165, 1.54) is 41.6 Å². The standard InChI is InChI=1S/C19H26N4/c1-3-7-17-15(5-1)19(16-6-2-4-8-18(16)22-17)21-11-14-23-12-9-20-10-13-23/h1,3,5,7,20H,2,4,6,8-14H2,(H,21,22). The number of benzene rings is 1. The normalized spacial score (nSPS) is 18.8. The van der Waals surface area contributed by atoms with E-state index in [-0.39, 0.29) is 0 Å². The largest absolute Gasteiger partial charge is 0.383 e. The third kappa shape index (κ3) is 3.19. The molecule has 1 aliphatic carbocycles. The lowest BCUT2D eigenvalue weighted by molar-refractivity contribution is 0.249. The number of hydrogen-bond acceptors (Lipinski definition) is 4. The fourth-order valence-corrected chi connectivity index (χ4v) is 3.85. The molecule has 0 radical (unpaired) electrons. The van der Waals surface area contributed by atoms with E-state index < -0.39 is 0 Å². The van der Waals surface area contributed by atoms with E-state index in [0.29, 0.717) is 0 Å². The maximum Gasteiger partial charge on any atom is 0.0726 e. The van der Waals surface area contributed by atoms with Crippen molar-refractivity contribution in [3.05, 3.63) is 35.5 Å². The Hall–Kier alpha value is -1.65. The molecule has 1 aliphatic heterocycles. The Morgan fingerprint density at radius 1 is 1.09 bits per heavy atom. The van der Waals surface area contributed by atoms with Gasteiger partial charge in [0.1, 0.15) is 0 Å². The molecule has 0 bridgehead atoms. The fraction of sp³-hybridized carbons (Fsp3) is 0.526. The molecule has 0 spiro atoms. The van der Waals surface area contributed by atoms with E-state index in [0.717, 1.165) is 51.2 Å². The van der Waals surface area contributed by atoms with Crippen molar-refractivity contribution >= 4 is 16.6 Å². The van der Waals surface area contributed by atoms with E-state index >= 15 is 0 Å². The van der Waals surface area contributed by atoms with Crippen LogP contribution in [-0.2, 0) is 12.8 Å². The average Bonchev–Trinajstić information content (AvgIpc) is 2.62. The first kappa shape index (κ1) is 14.9. The topological polar surface area (TPSA) is 40.2 Å². The van der Waals surface area contributed by atoms with Crippen LogP contribution in [0.2, 0.25) is 0 Å². The molecular formula is C19H26N4. The van der Waals surface area contributed by atoms with Crippen molar-refractivity contribution in [1.82, 2.24) is 15.2 Å². The molecule has 0 saturated carbocycles. The molecule has 1 saturated heterocycles. The van der Waals surface area contributed by atoms with Crippen molar-refractivity contribution in [3.63, 3.8) is 0 Å². The summed E-state index contributed by atoms with van der Waals surface area (Å²) in [5.41, 5.74) is 5.27. The molecule has 4 rings (SSSR count). The molecule has 23 heavy (non-hydrogen) atoms. The van der Waals surface area contributed by atoms with Gasteiger partial charge in [0.2, 0.25) is 0 Å². The highest BCUT2D eigenvalue weighted by molar-refractivity contribution is 5.93. The molecule has 2 aliphatic rings. The van der Waals surface area contributed by atoms with Crippen LogP contribution in [0.5, 0.6) is 0 Å². The van der Waals surface area contributed by atoms with Crippen molar-refractivity contribution in [3.8, 4) is 0 Å². The minimum Gasteiger partial charge on any atom is -0.383 e. The van der Waals surface area contributed by atoms with Gasteiger partial charge in [-0.25, -0.2) is 0 Å².